The predicted molar refractivity (Wildman–Crippen MR) is 109 cm³/mol. The van der Waals surface area contributed by atoms with E-state index in [1.807, 2.05) is 30.0 Å². The molecule has 2 atom stereocenters. The van der Waals surface area contributed by atoms with E-state index in [1.165, 1.54) is 12.1 Å². The first kappa shape index (κ1) is 19.2. The van der Waals surface area contributed by atoms with Gasteiger partial charge in [-0.2, -0.15) is 0 Å². The Kier molecular flexibility index (Phi) is 4.43. The first-order valence-electron chi connectivity index (χ1n) is 10.6. The molecule has 2 amide bonds. The van der Waals surface area contributed by atoms with Gasteiger partial charge in [0.15, 0.2) is 5.60 Å². The smallest absolute Gasteiger partial charge is 0.257 e. The summed E-state index contributed by atoms with van der Waals surface area (Å²) >= 11 is 0. The number of rotatable bonds is 2. The highest BCUT2D eigenvalue weighted by molar-refractivity contribution is 5.95. The fourth-order valence-corrected chi connectivity index (χ4v) is 5.31. The average molecular weight is 408 g/mol. The van der Waals surface area contributed by atoms with E-state index >= 15 is 0 Å². The van der Waals surface area contributed by atoms with Crippen LogP contribution in [0.15, 0.2) is 54.6 Å². The van der Waals surface area contributed by atoms with Crippen molar-refractivity contribution in [1.29, 1.82) is 0 Å². The van der Waals surface area contributed by atoms with Gasteiger partial charge in [0.1, 0.15) is 11.5 Å². The molecule has 0 aliphatic carbocycles. The van der Waals surface area contributed by atoms with Crippen LogP contribution in [-0.4, -0.2) is 46.0 Å². The van der Waals surface area contributed by atoms with E-state index < -0.39 is 17.1 Å². The normalized spacial score (nSPS) is 27.5. The molecule has 2 aromatic rings. The van der Waals surface area contributed by atoms with E-state index in [0.717, 1.165) is 18.4 Å². The zero-order chi connectivity index (χ0) is 20.9. The summed E-state index contributed by atoms with van der Waals surface area (Å²) < 4.78 is 20.5. The maximum absolute atomic E-state index is 14.0. The monoisotopic (exact) mass is 408 g/mol. The minimum atomic E-state index is -0.895. The summed E-state index contributed by atoms with van der Waals surface area (Å²) in [6, 6.07) is 16.1. The fourth-order valence-electron chi connectivity index (χ4n) is 5.31. The first-order chi connectivity index (χ1) is 14.4. The minimum absolute atomic E-state index is 0.0150. The summed E-state index contributed by atoms with van der Waals surface area (Å²) in [6.45, 7) is 2.75. The number of likely N-dealkylation sites (tertiary alicyclic amines) is 1. The lowest BCUT2D eigenvalue weighted by Gasteiger charge is -2.38. The summed E-state index contributed by atoms with van der Waals surface area (Å²) in [6.07, 6.45) is 2.53. The van der Waals surface area contributed by atoms with Crippen LogP contribution in [0.1, 0.15) is 54.6 Å². The van der Waals surface area contributed by atoms with E-state index in [2.05, 4.69) is 12.1 Å². The lowest BCUT2D eigenvalue weighted by molar-refractivity contribution is -0.148. The Hall–Kier alpha value is -2.73. The number of hydrogen-bond donors (Lipinski definition) is 0. The summed E-state index contributed by atoms with van der Waals surface area (Å²) in [7, 11) is 0. The molecule has 5 nitrogen and oxygen atoms in total. The Balaban J connectivity index is 1.35. The van der Waals surface area contributed by atoms with Crippen molar-refractivity contribution in [3.8, 4) is 0 Å². The van der Waals surface area contributed by atoms with E-state index in [1.54, 1.807) is 17.0 Å². The van der Waals surface area contributed by atoms with Gasteiger partial charge in [-0.25, -0.2) is 4.39 Å². The summed E-state index contributed by atoms with van der Waals surface area (Å²) in [5, 5.41) is 0. The van der Waals surface area contributed by atoms with Crippen molar-refractivity contribution < 1.29 is 18.7 Å². The van der Waals surface area contributed by atoms with Gasteiger partial charge in [-0.1, -0.05) is 42.5 Å². The third-order valence-corrected chi connectivity index (χ3v) is 6.87. The summed E-state index contributed by atoms with van der Waals surface area (Å²) in [5.74, 6) is -0.827. The third kappa shape index (κ3) is 2.85. The molecule has 6 heteroatoms. The lowest BCUT2D eigenvalue weighted by atomic mass is 9.89. The van der Waals surface area contributed by atoms with Crippen molar-refractivity contribution in [2.45, 2.75) is 50.0 Å². The number of ether oxygens (including phenoxy) is 1. The average Bonchev–Trinajstić information content (AvgIpc) is 3.20. The highest BCUT2D eigenvalue weighted by atomic mass is 19.1. The van der Waals surface area contributed by atoms with Crippen LogP contribution in [0.25, 0.3) is 0 Å². The third-order valence-electron chi connectivity index (χ3n) is 6.87. The molecule has 3 aliphatic rings. The number of benzene rings is 2. The largest absolute Gasteiger partial charge is 0.339 e. The Morgan fingerprint density at radius 3 is 2.40 bits per heavy atom. The van der Waals surface area contributed by atoms with Crippen LogP contribution in [-0.2, 0) is 9.53 Å². The molecule has 1 spiro atoms. The molecule has 3 aliphatic heterocycles. The second-order valence-electron chi connectivity index (χ2n) is 8.68. The standard InChI is InChI=1S/C24H25FN2O3/c1-23-12-11-20(17-7-3-2-4-8-17)27(23)22(29)24(30-23)13-15-26(16-14-24)21(28)18-9-5-6-10-19(18)25/h2-10,20H,11-16H2,1H3/t20-,23+/m0/s1. The Bertz CT molecular complexity index is 987. The molecule has 156 valence electrons. The zero-order valence-electron chi connectivity index (χ0n) is 17.0. The Morgan fingerprint density at radius 1 is 1.03 bits per heavy atom. The maximum atomic E-state index is 14.0. The van der Waals surface area contributed by atoms with Crippen LogP contribution in [0.5, 0.6) is 0 Å². The molecule has 0 radical (unpaired) electrons. The Morgan fingerprint density at radius 2 is 1.70 bits per heavy atom. The molecule has 0 bridgehead atoms. The van der Waals surface area contributed by atoms with Crippen LogP contribution in [0.3, 0.4) is 0 Å². The van der Waals surface area contributed by atoms with E-state index in [4.69, 9.17) is 4.74 Å². The van der Waals surface area contributed by atoms with Gasteiger partial charge in [-0.05, 0) is 37.5 Å². The maximum Gasteiger partial charge on any atom is 0.257 e. The number of nitrogens with zero attached hydrogens (tertiary/aromatic N) is 2. The topological polar surface area (TPSA) is 49.9 Å². The highest BCUT2D eigenvalue weighted by Gasteiger charge is 2.63. The van der Waals surface area contributed by atoms with Gasteiger partial charge in [0.25, 0.3) is 11.8 Å². The summed E-state index contributed by atoms with van der Waals surface area (Å²) in [5.41, 5.74) is -0.310. The number of hydrogen-bond acceptors (Lipinski definition) is 3. The SMILES string of the molecule is C[C@@]12CC[C@@H](c3ccccc3)N1C(=O)C1(CCN(C(=O)c3ccccc3F)CC1)O2. The van der Waals surface area contributed by atoms with Crippen LogP contribution in [0.2, 0.25) is 0 Å². The molecule has 0 N–H and O–H groups in total. The van der Waals surface area contributed by atoms with Gasteiger partial charge >= 0.3 is 0 Å². The van der Waals surface area contributed by atoms with Gasteiger partial charge in [0.2, 0.25) is 0 Å². The number of fused-ring (bicyclic) bond motifs is 1. The van der Waals surface area contributed by atoms with Crippen LogP contribution >= 0.6 is 0 Å². The molecule has 3 saturated heterocycles. The van der Waals surface area contributed by atoms with Crippen LogP contribution in [0, 0.1) is 5.82 Å². The quantitative estimate of drug-likeness (QED) is 0.757. The van der Waals surface area contributed by atoms with Crippen molar-refractivity contribution in [3.05, 3.63) is 71.5 Å². The van der Waals surface area contributed by atoms with Gasteiger partial charge in [-0.3, -0.25) is 9.59 Å². The lowest BCUT2D eigenvalue weighted by Crippen LogP contribution is -2.51. The number of amides is 2. The second-order valence-corrected chi connectivity index (χ2v) is 8.68. The van der Waals surface area contributed by atoms with Gasteiger partial charge in [0.05, 0.1) is 11.6 Å². The van der Waals surface area contributed by atoms with Gasteiger partial charge in [0, 0.05) is 25.9 Å². The molecule has 2 aromatic carbocycles. The Labute approximate surface area is 175 Å². The molecule has 30 heavy (non-hydrogen) atoms. The van der Waals surface area contributed by atoms with Gasteiger partial charge in [-0.15, -0.1) is 0 Å². The van der Waals surface area contributed by atoms with E-state index in [9.17, 15) is 14.0 Å². The molecule has 0 saturated carbocycles. The molecule has 0 aromatic heterocycles. The predicted octanol–water partition coefficient (Wildman–Crippen LogP) is 3.91. The van der Waals surface area contributed by atoms with Crippen molar-refractivity contribution >= 4 is 11.8 Å². The highest BCUT2D eigenvalue weighted by Crippen LogP contribution is 2.53. The fraction of sp³-hybridized carbons (Fsp3) is 0.417. The molecular formula is C24H25FN2O3. The zero-order valence-corrected chi connectivity index (χ0v) is 17.0. The first-order valence-corrected chi connectivity index (χ1v) is 10.6. The molecule has 0 unspecified atom stereocenters. The van der Waals surface area contributed by atoms with Gasteiger partial charge < -0.3 is 14.5 Å². The number of carbonyl (C=O) groups excluding carboxylic acids is 2. The van der Waals surface area contributed by atoms with Crippen LogP contribution in [0.4, 0.5) is 4.39 Å². The number of halogens is 1. The molecule has 5 rings (SSSR count). The summed E-state index contributed by atoms with van der Waals surface area (Å²) in [4.78, 5) is 29.9. The second kappa shape index (κ2) is 6.91. The number of piperidine rings is 1. The van der Waals surface area contributed by atoms with Crippen LogP contribution < -0.4 is 0 Å². The van der Waals surface area contributed by atoms with Crippen molar-refractivity contribution in [1.82, 2.24) is 9.80 Å². The van der Waals surface area contributed by atoms with E-state index in [0.29, 0.717) is 25.9 Å². The minimum Gasteiger partial charge on any atom is -0.339 e. The van der Waals surface area contributed by atoms with Crippen molar-refractivity contribution in [2.24, 2.45) is 0 Å². The van der Waals surface area contributed by atoms with Crippen molar-refractivity contribution in [2.75, 3.05) is 13.1 Å². The molecular weight excluding hydrogens is 383 g/mol. The van der Waals surface area contributed by atoms with Crippen molar-refractivity contribution in [3.63, 3.8) is 0 Å². The number of carbonyl (C=O) groups is 2. The molecule has 3 heterocycles. The van der Waals surface area contributed by atoms with E-state index in [-0.39, 0.29) is 23.4 Å². The molecule has 3 fully saturated rings.